The van der Waals surface area contributed by atoms with Crippen LogP contribution in [0, 0.1) is 28.6 Å². The van der Waals surface area contributed by atoms with E-state index in [1.165, 1.54) is 18.3 Å². The van der Waals surface area contributed by atoms with Gasteiger partial charge in [-0.25, -0.2) is 0 Å². The highest BCUT2D eigenvalue weighted by atomic mass is 16.5. The van der Waals surface area contributed by atoms with Gasteiger partial charge in [0.15, 0.2) is 0 Å². The van der Waals surface area contributed by atoms with Crippen LogP contribution in [0.15, 0.2) is 11.1 Å². The quantitative estimate of drug-likeness (QED) is 0.442. The van der Waals surface area contributed by atoms with Gasteiger partial charge in [0.05, 0.1) is 12.5 Å². The van der Waals surface area contributed by atoms with E-state index in [4.69, 9.17) is 4.74 Å². The number of hydrogen-bond acceptors (Lipinski definition) is 4. The van der Waals surface area contributed by atoms with E-state index in [0.29, 0.717) is 25.2 Å². The maximum absolute atomic E-state index is 13.1. The summed E-state index contributed by atoms with van der Waals surface area (Å²) in [6.45, 7) is 6.42. The van der Waals surface area contributed by atoms with Gasteiger partial charge < -0.3 is 9.53 Å². The number of ketones is 1. The number of Topliss-reactive ketones (excluding diaryl/α,β-unsaturated/α-hetero) is 1. The summed E-state index contributed by atoms with van der Waals surface area (Å²) < 4.78 is 5.22. The summed E-state index contributed by atoms with van der Waals surface area (Å²) in [6, 6.07) is 0. The van der Waals surface area contributed by atoms with Crippen molar-refractivity contribution in [3.05, 3.63) is 11.1 Å². The van der Waals surface area contributed by atoms with E-state index < -0.39 is 10.8 Å². The topological polar surface area (TPSA) is 60.4 Å². The fraction of sp³-hybridized carbons (Fsp3) is 0.762. The third-order valence-corrected chi connectivity index (χ3v) is 7.25. The summed E-state index contributed by atoms with van der Waals surface area (Å²) in [7, 11) is 1.47. The van der Waals surface area contributed by atoms with Gasteiger partial charge in [-0.05, 0) is 55.9 Å². The predicted molar refractivity (Wildman–Crippen MR) is 94.8 cm³/mol. The van der Waals surface area contributed by atoms with E-state index in [-0.39, 0.29) is 23.6 Å². The Labute approximate surface area is 150 Å². The van der Waals surface area contributed by atoms with E-state index in [0.717, 1.165) is 32.0 Å². The van der Waals surface area contributed by atoms with Crippen molar-refractivity contribution in [1.29, 1.82) is 0 Å². The van der Waals surface area contributed by atoms with Crippen LogP contribution in [0.3, 0.4) is 0 Å². The van der Waals surface area contributed by atoms with Gasteiger partial charge in [0.25, 0.3) is 0 Å². The van der Waals surface area contributed by atoms with Gasteiger partial charge in [0.1, 0.15) is 12.1 Å². The predicted octanol–water partition coefficient (Wildman–Crippen LogP) is 3.88. The number of aldehydes is 1. The number of esters is 1. The molecule has 4 heteroatoms. The summed E-state index contributed by atoms with van der Waals surface area (Å²) in [5.41, 5.74) is 1.55. The summed E-state index contributed by atoms with van der Waals surface area (Å²) >= 11 is 0. The molecule has 0 saturated heterocycles. The lowest BCUT2D eigenvalue weighted by Crippen LogP contribution is -2.48. The first kappa shape index (κ1) is 18.3. The summed E-state index contributed by atoms with van der Waals surface area (Å²) in [5.74, 6) is 0.325. The molecule has 0 heterocycles. The molecule has 0 spiro atoms. The van der Waals surface area contributed by atoms with Crippen LogP contribution in [-0.2, 0) is 19.1 Å². The monoisotopic (exact) mass is 346 g/mol. The minimum atomic E-state index is -0.542. The molecule has 2 saturated carbocycles. The Morgan fingerprint density at radius 3 is 2.56 bits per heavy atom. The summed E-state index contributed by atoms with van der Waals surface area (Å²) in [5, 5.41) is 0. The second-order valence-corrected chi connectivity index (χ2v) is 8.74. The number of carbonyl (C=O) groups is 3. The number of ether oxygens (including phenoxy) is 1. The highest BCUT2D eigenvalue weighted by Crippen LogP contribution is 2.63. The number of carbonyl (C=O) groups excluding carboxylic acids is 3. The Bertz CT molecular complexity index is 632. The molecule has 3 rings (SSSR count). The highest BCUT2D eigenvalue weighted by Gasteiger charge is 2.60. The first-order chi connectivity index (χ1) is 11.8. The number of hydrogen-bond donors (Lipinski definition) is 0. The third kappa shape index (κ3) is 2.60. The van der Waals surface area contributed by atoms with Crippen LogP contribution >= 0.6 is 0 Å². The minimum Gasteiger partial charge on any atom is -0.468 e. The molecule has 0 bridgehead atoms. The van der Waals surface area contributed by atoms with Gasteiger partial charge in [-0.2, -0.15) is 0 Å². The average Bonchev–Trinajstić information content (AvgIpc) is 2.94. The first-order valence-corrected chi connectivity index (χ1v) is 9.60. The molecule has 3 aliphatic carbocycles. The molecular weight excluding hydrogens is 316 g/mol. The Morgan fingerprint density at radius 2 is 1.96 bits per heavy atom. The second kappa shape index (κ2) is 6.37. The third-order valence-electron chi connectivity index (χ3n) is 7.25. The maximum Gasteiger partial charge on any atom is 0.315 e. The summed E-state index contributed by atoms with van der Waals surface area (Å²) in [4.78, 5) is 37.2. The molecule has 4 atom stereocenters. The number of rotatable bonds is 3. The van der Waals surface area contributed by atoms with Crippen molar-refractivity contribution in [2.45, 2.75) is 65.7 Å². The lowest BCUT2D eigenvalue weighted by molar-refractivity contribution is -0.155. The number of allylic oxidation sites excluding steroid dienone is 1. The van der Waals surface area contributed by atoms with Crippen LogP contribution in [0.1, 0.15) is 65.7 Å². The van der Waals surface area contributed by atoms with Crippen LogP contribution in [-0.4, -0.2) is 25.1 Å². The lowest BCUT2D eigenvalue weighted by Gasteiger charge is -2.48. The Balaban J connectivity index is 2.14. The Morgan fingerprint density at radius 1 is 1.24 bits per heavy atom. The number of methoxy groups -OCH3 is 1. The molecule has 25 heavy (non-hydrogen) atoms. The second-order valence-electron chi connectivity index (χ2n) is 8.74. The first-order valence-electron chi connectivity index (χ1n) is 9.60. The molecule has 0 aromatic rings. The zero-order valence-corrected chi connectivity index (χ0v) is 15.9. The van der Waals surface area contributed by atoms with Crippen LogP contribution in [0.5, 0.6) is 0 Å². The van der Waals surface area contributed by atoms with Crippen LogP contribution < -0.4 is 0 Å². The summed E-state index contributed by atoms with van der Waals surface area (Å²) in [6.07, 6.45) is 5.98. The van der Waals surface area contributed by atoms with Crippen molar-refractivity contribution in [1.82, 2.24) is 0 Å². The fourth-order valence-electron chi connectivity index (χ4n) is 5.68. The van der Waals surface area contributed by atoms with Crippen LogP contribution in [0.25, 0.3) is 0 Å². The molecule has 2 fully saturated rings. The van der Waals surface area contributed by atoms with Gasteiger partial charge in [-0.3, -0.25) is 9.59 Å². The van der Waals surface area contributed by atoms with Crippen molar-refractivity contribution in [2.75, 3.05) is 7.11 Å². The molecule has 3 aliphatic rings. The van der Waals surface area contributed by atoms with Crippen molar-refractivity contribution in [3.8, 4) is 0 Å². The zero-order chi connectivity index (χ0) is 18.4. The van der Waals surface area contributed by atoms with Gasteiger partial charge in [-0.1, -0.05) is 26.3 Å². The van der Waals surface area contributed by atoms with Crippen molar-refractivity contribution >= 4 is 18.0 Å². The van der Waals surface area contributed by atoms with Gasteiger partial charge >= 0.3 is 5.97 Å². The molecule has 138 valence electrons. The molecule has 1 unspecified atom stereocenters. The van der Waals surface area contributed by atoms with Crippen molar-refractivity contribution in [3.63, 3.8) is 0 Å². The van der Waals surface area contributed by atoms with Crippen molar-refractivity contribution in [2.24, 2.45) is 28.6 Å². The Kier molecular flexibility index (Phi) is 4.67. The van der Waals surface area contributed by atoms with E-state index in [9.17, 15) is 14.4 Å². The van der Waals surface area contributed by atoms with Gasteiger partial charge in [0, 0.05) is 17.8 Å². The molecule has 0 radical (unpaired) electrons. The smallest absolute Gasteiger partial charge is 0.315 e. The van der Waals surface area contributed by atoms with E-state index in [1.54, 1.807) is 0 Å². The van der Waals surface area contributed by atoms with Crippen LogP contribution in [0.2, 0.25) is 0 Å². The largest absolute Gasteiger partial charge is 0.468 e. The molecule has 4 nitrogen and oxygen atoms in total. The standard InChI is InChI=1S/C21H30O4/c1-13(2)15-7-8-21(19(24)25-4)10-9-20(3)16(18(15)21)6-5-14(12-22)11-17(20)23/h12-14,16H,5-11H2,1-4H3/t14?,16-,20-,21+/m0/s1. The van der Waals surface area contributed by atoms with Crippen LogP contribution in [0.4, 0.5) is 0 Å². The fourth-order valence-corrected chi connectivity index (χ4v) is 5.68. The average molecular weight is 346 g/mol. The molecular formula is C21H30O4. The lowest BCUT2D eigenvalue weighted by atomic mass is 9.54. The van der Waals surface area contributed by atoms with E-state index in [2.05, 4.69) is 20.8 Å². The SMILES string of the molecule is COC(=O)[C@@]12CCC(C(C)C)=C1[C@@H]1CCC(C=O)CC(=O)[C@@]1(C)CC2. The maximum atomic E-state index is 13.1. The van der Waals surface area contributed by atoms with Gasteiger partial charge in [-0.15, -0.1) is 0 Å². The molecule has 0 aliphatic heterocycles. The highest BCUT2D eigenvalue weighted by molar-refractivity contribution is 5.90. The molecule has 0 aromatic heterocycles. The number of fused-ring (bicyclic) bond motifs is 3. The molecule has 0 amide bonds. The Hall–Kier alpha value is -1.45. The molecule has 0 aromatic carbocycles. The molecule has 0 N–H and O–H groups in total. The van der Waals surface area contributed by atoms with E-state index in [1.807, 2.05) is 0 Å². The van der Waals surface area contributed by atoms with E-state index >= 15 is 0 Å². The normalized spacial score (nSPS) is 38.2. The van der Waals surface area contributed by atoms with Crippen molar-refractivity contribution < 1.29 is 19.1 Å². The minimum absolute atomic E-state index is 0.0673. The van der Waals surface area contributed by atoms with Gasteiger partial charge in [0.2, 0.25) is 0 Å². The zero-order valence-electron chi connectivity index (χ0n) is 15.9.